The molecule has 1 heterocycles. The zero-order valence-electron chi connectivity index (χ0n) is 8.10. The van der Waals surface area contributed by atoms with Crippen molar-refractivity contribution in [2.45, 2.75) is 19.8 Å². The van der Waals surface area contributed by atoms with Crippen LogP contribution in [0, 0.1) is 0 Å². The van der Waals surface area contributed by atoms with E-state index in [4.69, 9.17) is 4.74 Å². The minimum Gasteiger partial charge on any atom is -0.466 e. The lowest BCUT2D eigenvalue weighted by atomic mass is 10.2. The van der Waals surface area contributed by atoms with Crippen molar-refractivity contribution in [1.82, 2.24) is 4.98 Å². The summed E-state index contributed by atoms with van der Waals surface area (Å²) in [6.07, 6.45) is 4.61. The van der Waals surface area contributed by atoms with Gasteiger partial charge in [-0.25, -0.2) is 0 Å². The van der Waals surface area contributed by atoms with Gasteiger partial charge in [-0.2, -0.15) is 0 Å². The Balaban J connectivity index is 0.00000169. The zero-order chi connectivity index (χ0) is 9.52. The smallest absolute Gasteiger partial charge is 0.306 e. The molecule has 78 valence electrons. The lowest BCUT2D eigenvalue weighted by Crippen LogP contribution is -2.05. The van der Waals surface area contributed by atoms with E-state index < -0.39 is 0 Å². The molecule has 0 atom stereocenters. The van der Waals surface area contributed by atoms with Crippen molar-refractivity contribution in [3.05, 3.63) is 30.1 Å². The lowest BCUT2D eigenvalue weighted by molar-refractivity contribution is -0.143. The average Bonchev–Trinajstić information content (AvgIpc) is 2.17. The van der Waals surface area contributed by atoms with Crippen molar-refractivity contribution in [2.24, 2.45) is 0 Å². The average molecular weight is 216 g/mol. The number of hydrogen-bond acceptors (Lipinski definition) is 3. The summed E-state index contributed by atoms with van der Waals surface area (Å²) in [5.74, 6) is -0.147. The van der Waals surface area contributed by atoms with Gasteiger partial charge < -0.3 is 4.74 Å². The first-order chi connectivity index (χ1) is 6.33. The van der Waals surface area contributed by atoms with Crippen molar-refractivity contribution < 1.29 is 9.53 Å². The van der Waals surface area contributed by atoms with Gasteiger partial charge in [0, 0.05) is 18.8 Å². The molecule has 0 N–H and O–H groups in total. The molecule has 0 unspecified atom stereocenters. The first-order valence-electron chi connectivity index (χ1n) is 4.37. The Labute approximate surface area is 89.9 Å². The third-order valence-electron chi connectivity index (χ3n) is 1.65. The third-order valence-corrected chi connectivity index (χ3v) is 1.65. The minimum absolute atomic E-state index is 0. The number of aromatic nitrogens is 1. The van der Waals surface area contributed by atoms with Gasteiger partial charge in [0.25, 0.3) is 0 Å². The second-order valence-electron chi connectivity index (χ2n) is 2.67. The van der Waals surface area contributed by atoms with Gasteiger partial charge in [0.05, 0.1) is 6.61 Å². The fraction of sp³-hybridized carbons (Fsp3) is 0.400. The summed E-state index contributed by atoms with van der Waals surface area (Å²) in [4.78, 5) is 14.9. The van der Waals surface area contributed by atoms with Crippen LogP contribution in [0.25, 0.3) is 0 Å². The second-order valence-corrected chi connectivity index (χ2v) is 2.67. The number of nitrogens with zero attached hydrogens (tertiary/aromatic N) is 1. The number of carbonyl (C=O) groups excluding carboxylic acids is 1. The highest BCUT2D eigenvalue weighted by Gasteiger charge is 2.01. The molecule has 0 saturated heterocycles. The van der Waals surface area contributed by atoms with Gasteiger partial charge in [0.1, 0.15) is 0 Å². The molecule has 1 aromatic heterocycles. The largest absolute Gasteiger partial charge is 0.466 e. The van der Waals surface area contributed by atoms with E-state index >= 15 is 0 Å². The molecule has 0 saturated carbocycles. The molecule has 0 bridgehead atoms. The standard InChI is InChI=1S/C10H13NO2.ClH/c1-2-13-10(12)6-5-9-4-3-7-11-8-9;/h3-4,7-8H,2,5-6H2,1H3;1H. The van der Waals surface area contributed by atoms with Crippen molar-refractivity contribution in [3.63, 3.8) is 0 Å². The van der Waals surface area contributed by atoms with Crippen LogP contribution in [0.4, 0.5) is 0 Å². The Kier molecular flexibility index (Phi) is 6.76. The highest BCUT2D eigenvalue weighted by molar-refractivity contribution is 5.85. The number of esters is 1. The van der Waals surface area contributed by atoms with Crippen LogP contribution in [0.15, 0.2) is 24.5 Å². The van der Waals surface area contributed by atoms with Crippen molar-refractivity contribution >= 4 is 18.4 Å². The summed E-state index contributed by atoms with van der Waals surface area (Å²) in [6, 6.07) is 3.81. The summed E-state index contributed by atoms with van der Waals surface area (Å²) in [7, 11) is 0. The summed E-state index contributed by atoms with van der Waals surface area (Å²) in [6.45, 7) is 2.26. The maximum absolute atomic E-state index is 11.0. The number of rotatable bonds is 4. The highest BCUT2D eigenvalue weighted by atomic mass is 35.5. The topological polar surface area (TPSA) is 39.2 Å². The number of halogens is 1. The molecule has 4 heteroatoms. The normalized spacial score (nSPS) is 8.93. The maximum atomic E-state index is 11.0. The van der Waals surface area contributed by atoms with E-state index in [1.165, 1.54) is 0 Å². The third kappa shape index (κ3) is 4.82. The predicted octanol–water partition coefficient (Wildman–Crippen LogP) is 2.00. The van der Waals surface area contributed by atoms with E-state index in [0.717, 1.165) is 5.56 Å². The van der Waals surface area contributed by atoms with Crippen LogP contribution >= 0.6 is 12.4 Å². The van der Waals surface area contributed by atoms with Gasteiger partial charge in [0.15, 0.2) is 0 Å². The Hall–Kier alpha value is -1.09. The number of ether oxygens (including phenoxy) is 1. The SMILES string of the molecule is CCOC(=O)CCc1cccnc1.Cl. The fourth-order valence-electron chi connectivity index (χ4n) is 1.03. The first-order valence-corrected chi connectivity index (χ1v) is 4.37. The molecular formula is C10H14ClNO2. The Morgan fingerprint density at radius 2 is 2.36 bits per heavy atom. The van der Waals surface area contributed by atoms with Crippen LogP contribution in [0.2, 0.25) is 0 Å². The van der Waals surface area contributed by atoms with E-state index in [1.54, 1.807) is 12.4 Å². The summed E-state index contributed by atoms with van der Waals surface area (Å²) >= 11 is 0. The molecule has 0 fully saturated rings. The van der Waals surface area contributed by atoms with Gasteiger partial charge in [-0.15, -0.1) is 12.4 Å². The number of aryl methyl sites for hydroxylation is 1. The molecular weight excluding hydrogens is 202 g/mol. The van der Waals surface area contributed by atoms with Crippen LogP contribution < -0.4 is 0 Å². The highest BCUT2D eigenvalue weighted by Crippen LogP contribution is 2.01. The Morgan fingerprint density at radius 3 is 2.93 bits per heavy atom. The summed E-state index contributed by atoms with van der Waals surface area (Å²) < 4.78 is 4.80. The van der Waals surface area contributed by atoms with Crippen molar-refractivity contribution in [1.29, 1.82) is 0 Å². The van der Waals surface area contributed by atoms with Gasteiger partial charge in [-0.1, -0.05) is 6.07 Å². The van der Waals surface area contributed by atoms with Crippen LogP contribution in [0.3, 0.4) is 0 Å². The van der Waals surface area contributed by atoms with Gasteiger partial charge in [0.2, 0.25) is 0 Å². The monoisotopic (exact) mass is 215 g/mol. The van der Waals surface area contributed by atoms with Crippen molar-refractivity contribution in [3.8, 4) is 0 Å². The van der Waals surface area contributed by atoms with Crippen LogP contribution in [-0.4, -0.2) is 17.6 Å². The van der Waals surface area contributed by atoms with Crippen LogP contribution in [0.5, 0.6) is 0 Å². The van der Waals surface area contributed by atoms with Crippen LogP contribution in [-0.2, 0) is 16.0 Å². The fourth-order valence-corrected chi connectivity index (χ4v) is 1.03. The van der Waals surface area contributed by atoms with Gasteiger partial charge in [-0.05, 0) is 25.0 Å². The molecule has 0 spiro atoms. The Morgan fingerprint density at radius 1 is 1.57 bits per heavy atom. The van der Waals surface area contributed by atoms with Crippen LogP contribution in [0.1, 0.15) is 18.9 Å². The molecule has 0 aliphatic heterocycles. The molecule has 0 aliphatic rings. The summed E-state index contributed by atoms with van der Waals surface area (Å²) in [5.41, 5.74) is 1.07. The van der Waals surface area contributed by atoms with Gasteiger partial charge >= 0.3 is 5.97 Å². The Bertz CT molecular complexity index is 264. The van der Waals surface area contributed by atoms with Gasteiger partial charge in [-0.3, -0.25) is 9.78 Å². The predicted molar refractivity (Wildman–Crippen MR) is 56.4 cm³/mol. The molecule has 0 aliphatic carbocycles. The quantitative estimate of drug-likeness (QED) is 0.722. The van der Waals surface area contributed by atoms with E-state index in [-0.39, 0.29) is 18.4 Å². The second kappa shape index (κ2) is 7.33. The number of pyridine rings is 1. The molecule has 0 radical (unpaired) electrons. The zero-order valence-corrected chi connectivity index (χ0v) is 8.92. The first kappa shape index (κ1) is 12.9. The molecule has 1 aromatic rings. The molecule has 0 aromatic carbocycles. The van der Waals surface area contributed by atoms with E-state index in [1.807, 2.05) is 19.1 Å². The summed E-state index contributed by atoms with van der Waals surface area (Å²) in [5, 5.41) is 0. The molecule has 3 nitrogen and oxygen atoms in total. The van der Waals surface area contributed by atoms with E-state index in [2.05, 4.69) is 4.98 Å². The minimum atomic E-state index is -0.147. The maximum Gasteiger partial charge on any atom is 0.306 e. The van der Waals surface area contributed by atoms with Crippen molar-refractivity contribution in [2.75, 3.05) is 6.61 Å². The molecule has 0 amide bonds. The van der Waals surface area contributed by atoms with E-state index in [9.17, 15) is 4.79 Å². The van der Waals surface area contributed by atoms with E-state index in [0.29, 0.717) is 19.4 Å². The molecule has 14 heavy (non-hydrogen) atoms. The molecule has 1 rings (SSSR count). The number of hydrogen-bond donors (Lipinski definition) is 0. The number of carbonyl (C=O) groups is 1. The lowest BCUT2D eigenvalue weighted by Gasteiger charge is -2.00.